The molecule has 0 unspecified atom stereocenters. The highest BCUT2D eigenvalue weighted by atomic mass is 16.2. The van der Waals surface area contributed by atoms with Crippen molar-refractivity contribution in [1.82, 2.24) is 5.32 Å². The fourth-order valence-electron chi connectivity index (χ4n) is 1.70. The third-order valence-corrected chi connectivity index (χ3v) is 2.55. The van der Waals surface area contributed by atoms with Crippen molar-refractivity contribution in [1.29, 1.82) is 0 Å². The molecule has 3 heteroatoms. The smallest absolute Gasteiger partial charge is 0.254 e. The van der Waals surface area contributed by atoms with Crippen LogP contribution < -0.4 is 5.32 Å². The summed E-state index contributed by atoms with van der Waals surface area (Å²) < 4.78 is 0. The minimum Gasteiger partial charge on any atom is -0.292 e. The third kappa shape index (κ3) is 2.44. The fourth-order valence-corrected chi connectivity index (χ4v) is 1.70. The Kier molecular flexibility index (Phi) is 3.86. The van der Waals surface area contributed by atoms with Crippen LogP contribution in [0.2, 0.25) is 0 Å². The van der Waals surface area contributed by atoms with Gasteiger partial charge in [0, 0.05) is 5.57 Å². The van der Waals surface area contributed by atoms with Crippen LogP contribution in [-0.2, 0) is 9.59 Å². The average Bonchev–Trinajstić information content (AvgIpc) is 2.47. The highest BCUT2D eigenvalue weighted by Gasteiger charge is 2.25. The Morgan fingerprint density at radius 1 is 1.36 bits per heavy atom. The summed E-state index contributed by atoms with van der Waals surface area (Å²) in [5.41, 5.74) is 1.86. The minimum absolute atomic E-state index is 0.160. The SMILES string of the molecule is CCCCC(CC)=C1CC(=O)NC1=O. The van der Waals surface area contributed by atoms with Crippen molar-refractivity contribution >= 4 is 11.8 Å². The van der Waals surface area contributed by atoms with E-state index in [4.69, 9.17) is 0 Å². The van der Waals surface area contributed by atoms with Crippen molar-refractivity contribution in [3.05, 3.63) is 11.1 Å². The molecule has 1 saturated heterocycles. The molecule has 0 saturated carbocycles. The molecular formula is C11H17NO2. The van der Waals surface area contributed by atoms with Crippen LogP contribution in [0.5, 0.6) is 0 Å². The zero-order chi connectivity index (χ0) is 10.6. The fraction of sp³-hybridized carbons (Fsp3) is 0.636. The van der Waals surface area contributed by atoms with Crippen LogP contribution in [0.3, 0.4) is 0 Å². The Morgan fingerprint density at radius 3 is 2.50 bits per heavy atom. The lowest BCUT2D eigenvalue weighted by Crippen LogP contribution is -2.19. The van der Waals surface area contributed by atoms with Crippen molar-refractivity contribution in [2.45, 2.75) is 46.0 Å². The Morgan fingerprint density at radius 2 is 2.07 bits per heavy atom. The van der Waals surface area contributed by atoms with Crippen molar-refractivity contribution in [3.63, 3.8) is 0 Å². The first-order valence-corrected chi connectivity index (χ1v) is 5.24. The molecule has 14 heavy (non-hydrogen) atoms. The summed E-state index contributed by atoms with van der Waals surface area (Å²) in [5.74, 6) is -0.338. The van der Waals surface area contributed by atoms with Crippen LogP contribution in [0.1, 0.15) is 46.0 Å². The van der Waals surface area contributed by atoms with E-state index >= 15 is 0 Å². The van der Waals surface area contributed by atoms with E-state index < -0.39 is 0 Å². The average molecular weight is 195 g/mol. The molecule has 0 atom stereocenters. The standard InChI is InChI=1S/C11H17NO2/c1-3-5-6-8(4-2)9-7-10(13)12-11(9)14/h3-7H2,1-2H3,(H,12,13,14). The maximum Gasteiger partial charge on any atom is 0.254 e. The van der Waals surface area contributed by atoms with Gasteiger partial charge < -0.3 is 0 Å². The number of rotatable bonds is 4. The third-order valence-electron chi connectivity index (χ3n) is 2.55. The van der Waals surface area contributed by atoms with Crippen molar-refractivity contribution in [2.24, 2.45) is 0 Å². The van der Waals surface area contributed by atoms with E-state index in [1.165, 1.54) is 0 Å². The molecule has 0 aliphatic carbocycles. The maximum atomic E-state index is 11.4. The van der Waals surface area contributed by atoms with Crippen molar-refractivity contribution in [3.8, 4) is 0 Å². The van der Waals surface area contributed by atoms with Gasteiger partial charge in [-0.1, -0.05) is 25.8 Å². The Hall–Kier alpha value is -1.12. The molecule has 0 aromatic heterocycles. The number of amides is 2. The van der Waals surface area contributed by atoms with E-state index in [0.717, 1.165) is 31.3 Å². The van der Waals surface area contributed by atoms with Gasteiger partial charge in [0.05, 0.1) is 6.42 Å². The normalized spacial score (nSPS) is 19.9. The lowest BCUT2D eigenvalue weighted by atomic mass is 9.99. The maximum absolute atomic E-state index is 11.4. The predicted octanol–water partition coefficient (Wildman–Crippen LogP) is 1.93. The summed E-state index contributed by atoms with van der Waals surface area (Å²) >= 11 is 0. The molecule has 1 fully saturated rings. The first-order chi connectivity index (χ1) is 6.69. The molecule has 0 bridgehead atoms. The molecule has 1 aliphatic rings. The molecule has 0 aromatic rings. The summed E-state index contributed by atoms with van der Waals surface area (Å²) in [4.78, 5) is 22.4. The van der Waals surface area contributed by atoms with Crippen LogP contribution in [0.15, 0.2) is 11.1 Å². The summed E-state index contributed by atoms with van der Waals surface area (Å²) in [6.45, 7) is 4.16. The quantitative estimate of drug-likeness (QED) is 0.550. The van der Waals surface area contributed by atoms with E-state index in [-0.39, 0.29) is 18.2 Å². The van der Waals surface area contributed by atoms with Gasteiger partial charge in [-0.15, -0.1) is 0 Å². The first kappa shape index (κ1) is 11.0. The second kappa shape index (κ2) is 4.94. The van der Waals surface area contributed by atoms with E-state index in [9.17, 15) is 9.59 Å². The van der Waals surface area contributed by atoms with Crippen LogP contribution in [-0.4, -0.2) is 11.8 Å². The van der Waals surface area contributed by atoms with Crippen molar-refractivity contribution < 1.29 is 9.59 Å². The van der Waals surface area contributed by atoms with Gasteiger partial charge in [-0.25, -0.2) is 0 Å². The highest BCUT2D eigenvalue weighted by Crippen LogP contribution is 2.21. The largest absolute Gasteiger partial charge is 0.292 e. The van der Waals surface area contributed by atoms with Gasteiger partial charge in [-0.2, -0.15) is 0 Å². The summed E-state index contributed by atoms with van der Waals surface area (Å²) in [6, 6.07) is 0. The number of hydrogen-bond acceptors (Lipinski definition) is 2. The second-order valence-electron chi connectivity index (χ2n) is 3.59. The van der Waals surface area contributed by atoms with Crippen LogP contribution in [0.25, 0.3) is 0 Å². The number of carbonyl (C=O) groups excluding carboxylic acids is 2. The van der Waals surface area contributed by atoms with Gasteiger partial charge >= 0.3 is 0 Å². The lowest BCUT2D eigenvalue weighted by molar-refractivity contribution is -0.124. The molecule has 1 rings (SSSR count). The van der Waals surface area contributed by atoms with E-state index in [1.807, 2.05) is 6.92 Å². The van der Waals surface area contributed by atoms with Gasteiger partial charge in [0.15, 0.2) is 0 Å². The molecule has 78 valence electrons. The van der Waals surface area contributed by atoms with E-state index in [1.54, 1.807) is 0 Å². The summed E-state index contributed by atoms with van der Waals surface area (Å²) in [6.07, 6.45) is 4.31. The number of hydrogen-bond donors (Lipinski definition) is 1. The second-order valence-corrected chi connectivity index (χ2v) is 3.59. The lowest BCUT2D eigenvalue weighted by Gasteiger charge is -2.05. The molecule has 1 N–H and O–H groups in total. The van der Waals surface area contributed by atoms with Gasteiger partial charge in [0.2, 0.25) is 5.91 Å². The van der Waals surface area contributed by atoms with Crippen LogP contribution in [0.4, 0.5) is 0 Å². The number of nitrogens with one attached hydrogen (secondary N) is 1. The van der Waals surface area contributed by atoms with Gasteiger partial charge in [0.1, 0.15) is 0 Å². The van der Waals surface area contributed by atoms with Crippen molar-refractivity contribution in [2.75, 3.05) is 0 Å². The predicted molar refractivity (Wildman–Crippen MR) is 54.6 cm³/mol. The number of unbranched alkanes of at least 4 members (excludes halogenated alkanes) is 1. The van der Waals surface area contributed by atoms with Gasteiger partial charge in [-0.05, 0) is 19.3 Å². The van der Waals surface area contributed by atoms with Crippen LogP contribution in [0, 0.1) is 0 Å². The number of allylic oxidation sites excluding steroid dienone is 1. The number of imide groups is 1. The zero-order valence-corrected chi connectivity index (χ0v) is 8.85. The Labute approximate surface area is 84.6 Å². The van der Waals surface area contributed by atoms with E-state index in [0.29, 0.717) is 5.57 Å². The molecule has 1 heterocycles. The molecular weight excluding hydrogens is 178 g/mol. The van der Waals surface area contributed by atoms with Crippen LogP contribution >= 0.6 is 0 Å². The van der Waals surface area contributed by atoms with Gasteiger partial charge in [-0.3, -0.25) is 14.9 Å². The molecule has 0 aromatic carbocycles. The highest BCUT2D eigenvalue weighted by molar-refractivity contribution is 6.13. The van der Waals surface area contributed by atoms with E-state index in [2.05, 4.69) is 12.2 Å². The first-order valence-electron chi connectivity index (χ1n) is 5.24. The molecule has 0 radical (unpaired) electrons. The Balaban J connectivity index is 2.77. The van der Waals surface area contributed by atoms with Gasteiger partial charge in [0.25, 0.3) is 5.91 Å². The topological polar surface area (TPSA) is 46.2 Å². The minimum atomic E-state index is -0.178. The molecule has 3 nitrogen and oxygen atoms in total. The molecule has 0 spiro atoms. The molecule has 1 aliphatic heterocycles. The molecule has 2 amide bonds. The Bertz CT molecular complexity index is 279. The number of carbonyl (C=O) groups is 2. The summed E-state index contributed by atoms with van der Waals surface area (Å²) in [7, 11) is 0. The monoisotopic (exact) mass is 195 g/mol. The summed E-state index contributed by atoms with van der Waals surface area (Å²) in [5, 5.41) is 2.32. The zero-order valence-electron chi connectivity index (χ0n) is 8.85.